The van der Waals surface area contributed by atoms with E-state index in [1.807, 2.05) is 6.92 Å². The number of piperidine rings is 1. The van der Waals surface area contributed by atoms with E-state index in [1.165, 1.54) is 10.6 Å². The topological polar surface area (TPSA) is 88.2 Å². The summed E-state index contributed by atoms with van der Waals surface area (Å²) in [5.74, 6) is 1.15. The third-order valence-electron chi connectivity index (χ3n) is 3.93. The number of hydrogen-bond acceptors (Lipinski definition) is 5. The standard InChI is InChI=1S/C15H20N4O3S/c1-2-22-12-6-5-7-13(10-12)23(20,21)19-9-4-3-8-14(19)15-16-11-17-18-15/h5-7,10-11,14H,2-4,8-9H2,1H3,(H,16,17,18)/t14-/m0/s1. The van der Waals surface area contributed by atoms with Gasteiger partial charge in [-0.15, -0.1) is 0 Å². The Labute approximate surface area is 135 Å². The van der Waals surface area contributed by atoms with Gasteiger partial charge < -0.3 is 4.74 Å². The van der Waals surface area contributed by atoms with Crippen LogP contribution in [0.5, 0.6) is 5.75 Å². The number of hydrogen-bond donors (Lipinski definition) is 1. The first-order valence-corrected chi connectivity index (χ1v) is 9.17. The molecule has 1 aliphatic rings. The van der Waals surface area contributed by atoms with E-state index in [4.69, 9.17) is 4.74 Å². The number of nitrogens with one attached hydrogen (secondary N) is 1. The largest absolute Gasteiger partial charge is 0.494 e. The molecule has 0 saturated carbocycles. The van der Waals surface area contributed by atoms with E-state index in [-0.39, 0.29) is 10.9 Å². The van der Waals surface area contributed by atoms with Crippen molar-refractivity contribution in [3.05, 3.63) is 36.4 Å². The number of aromatic nitrogens is 3. The molecular formula is C15H20N4O3S. The van der Waals surface area contributed by atoms with Gasteiger partial charge in [-0.25, -0.2) is 13.4 Å². The van der Waals surface area contributed by atoms with Crippen LogP contribution in [0, 0.1) is 0 Å². The molecule has 0 unspecified atom stereocenters. The Morgan fingerprint density at radius 3 is 3.00 bits per heavy atom. The van der Waals surface area contributed by atoms with Crippen molar-refractivity contribution in [2.75, 3.05) is 13.2 Å². The van der Waals surface area contributed by atoms with Gasteiger partial charge in [0, 0.05) is 12.6 Å². The number of sulfonamides is 1. The lowest BCUT2D eigenvalue weighted by Crippen LogP contribution is -2.39. The monoisotopic (exact) mass is 336 g/mol. The molecule has 1 saturated heterocycles. The molecule has 1 aromatic heterocycles. The summed E-state index contributed by atoms with van der Waals surface area (Å²) in [4.78, 5) is 4.39. The van der Waals surface area contributed by atoms with Gasteiger partial charge >= 0.3 is 0 Å². The second-order valence-electron chi connectivity index (χ2n) is 5.41. The van der Waals surface area contributed by atoms with Crippen LogP contribution in [0.3, 0.4) is 0 Å². The van der Waals surface area contributed by atoms with Crippen LogP contribution in [0.2, 0.25) is 0 Å². The van der Waals surface area contributed by atoms with Crippen LogP contribution in [0.4, 0.5) is 0 Å². The van der Waals surface area contributed by atoms with Crippen molar-refractivity contribution in [3.63, 3.8) is 0 Å². The molecule has 8 heteroatoms. The third kappa shape index (κ3) is 3.23. The smallest absolute Gasteiger partial charge is 0.243 e. The highest BCUT2D eigenvalue weighted by Gasteiger charge is 2.36. The molecule has 23 heavy (non-hydrogen) atoms. The van der Waals surface area contributed by atoms with E-state index in [1.54, 1.807) is 24.3 Å². The summed E-state index contributed by atoms with van der Waals surface area (Å²) in [6.45, 7) is 2.84. The summed E-state index contributed by atoms with van der Waals surface area (Å²) in [7, 11) is -3.61. The molecule has 0 radical (unpaired) electrons. The van der Waals surface area contributed by atoms with Crippen LogP contribution < -0.4 is 4.74 Å². The summed E-state index contributed by atoms with van der Waals surface area (Å²) < 4.78 is 33.0. The molecule has 0 bridgehead atoms. The van der Waals surface area contributed by atoms with Gasteiger partial charge in [0.25, 0.3) is 0 Å². The van der Waals surface area contributed by atoms with E-state index in [9.17, 15) is 8.42 Å². The Balaban J connectivity index is 1.95. The molecule has 3 rings (SSSR count). The maximum absolute atomic E-state index is 13.1. The summed E-state index contributed by atoms with van der Waals surface area (Å²) in [5, 5.41) is 6.65. The number of benzene rings is 1. The van der Waals surface area contributed by atoms with Crippen molar-refractivity contribution in [2.45, 2.75) is 37.1 Å². The Hall–Kier alpha value is -1.93. The Morgan fingerprint density at radius 2 is 2.26 bits per heavy atom. The van der Waals surface area contributed by atoms with Gasteiger partial charge in [-0.05, 0) is 31.9 Å². The van der Waals surface area contributed by atoms with E-state index >= 15 is 0 Å². The van der Waals surface area contributed by atoms with Crippen LogP contribution in [0.25, 0.3) is 0 Å². The molecule has 1 aromatic carbocycles. The molecule has 1 fully saturated rings. The number of nitrogens with zero attached hydrogens (tertiary/aromatic N) is 3. The average molecular weight is 336 g/mol. The van der Waals surface area contributed by atoms with Gasteiger partial charge in [0.15, 0.2) is 0 Å². The highest BCUT2D eigenvalue weighted by molar-refractivity contribution is 7.89. The average Bonchev–Trinajstić information content (AvgIpc) is 3.10. The van der Waals surface area contributed by atoms with E-state index in [2.05, 4.69) is 15.2 Å². The predicted molar refractivity (Wildman–Crippen MR) is 84.5 cm³/mol. The summed E-state index contributed by atoms with van der Waals surface area (Å²) in [5.41, 5.74) is 0. The zero-order valence-corrected chi connectivity index (χ0v) is 13.8. The molecule has 2 heterocycles. The van der Waals surface area contributed by atoms with Gasteiger partial charge in [-0.3, -0.25) is 5.10 Å². The molecule has 1 atom stereocenters. The Kier molecular flexibility index (Phi) is 4.63. The second-order valence-corrected chi connectivity index (χ2v) is 7.30. The lowest BCUT2D eigenvalue weighted by molar-refractivity contribution is 0.247. The lowest BCUT2D eigenvalue weighted by Gasteiger charge is -2.33. The zero-order chi connectivity index (χ0) is 16.3. The Morgan fingerprint density at radius 1 is 1.39 bits per heavy atom. The third-order valence-corrected chi connectivity index (χ3v) is 5.83. The first kappa shape index (κ1) is 15.9. The minimum atomic E-state index is -3.61. The first-order valence-electron chi connectivity index (χ1n) is 7.73. The summed E-state index contributed by atoms with van der Waals surface area (Å²) >= 11 is 0. The molecule has 0 spiro atoms. The van der Waals surface area contributed by atoms with Crippen LogP contribution in [-0.2, 0) is 10.0 Å². The van der Waals surface area contributed by atoms with Crippen LogP contribution in [-0.4, -0.2) is 41.1 Å². The number of ether oxygens (including phenoxy) is 1. The normalized spacial score (nSPS) is 19.6. The molecule has 0 amide bonds. The number of rotatable bonds is 5. The lowest BCUT2D eigenvalue weighted by atomic mass is 10.0. The SMILES string of the molecule is CCOc1cccc(S(=O)(=O)N2CCCC[C@H]2c2ncn[nH]2)c1. The van der Waals surface area contributed by atoms with Crippen molar-refractivity contribution in [3.8, 4) is 5.75 Å². The second kappa shape index (κ2) is 6.67. The van der Waals surface area contributed by atoms with Crippen molar-refractivity contribution < 1.29 is 13.2 Å². The molecule has 1 N–H and O–H groups in total. The van der Waals surface area contributed by atoms with Crippen LogP contribution >= 0.6 is 0 Å². The van der Waals surface area contributed by atoms with Crippen molar-refractivity contribution in [2.24, 2.45) is 0 Å². The molecule has 124 valence electrons. The summed E-state index contributed by atoms with van der Waals surface area (Å²) in [6, 6.07) is 6.33. The number of aromatic amines is 1. The first-order chi connectivity index (χ1) is 11.1. The molecule has 7 nitrogen and oxygen atoms in total. The zero-order valence-electron chi connectivity index (χ0n) is 13.0. The molecule has 2 aromatic rings. The van der Waals surface area contributed by atoms with Crippen molar-refractivity contribution in [1.29, 1.82) is 0 Å². The molecular weight excluding hydrogens is 316 g/mol. The summed E-state index contributed by atoms with van der Waals surface area (Å²) in [6.07, 6.45) is 3.95. The maximum atomic E-state index is 13.1. The fourth-order valence-corrected chi connectivity index (χ4v) is 4.56. The van der Waals surface area contributed by atoms with Crippen molar-refractivity contribution >= 4 is 10.0 Å². The number of H-pyrrole nitrogens is 1. The van der Waals surface area contributed by atoms with Gasteiger partial charge in [-0.2, -0.15) is 9.40 Å². The van der Waals surface area contributed by atoms with Crippen LogP contribution in [0.1, 0.15) is 38.1 Å². The van der Waals surface area contributed by atoms with Gasteiger partial charge in [0.05, 0.1) is 17.5 Å². The van der Waals surface area contributed by atoms with E-state index in [0.717, 1.165) is 19.3 Å². The van der Waals surface area contributed by atoms with E-state index < -0.39 is 10.0 Å². The van der Waals surface area contributed by atoms with Gasteiger partial charge in [0.2, 0.25) is 10.0 Å². The molecule has 0 aliphatic carbocycles. The highest BCUT2D eigenvalue weighted by Crippen LogP contribution is 2.34. The highest BCUT2D eigenvalue weighted by atomic mass is 32.2. The quantitative estimate of drug-likeness (QED) is 0.903. The van der Waals surface area contributed by atoms with E-state index in [0.29, 0.717) is 24.7 Å². The minimum Gasteiger partial charge on any atom is -0.494 e. The molecule has 1 aliphatic heterocycles. The Bertz CT molecular complexity index is 746. The van der Waals surface area contributed by atoms with Crippen molar-refractivity contribution in [1.82, 2.24) is 19.5 Å². The maximum Gasteiger partial charge on any atom is 0.243 e. The fraction of sp³-hybridized carbons (Fsp3) is 0.467. The minimum absolute atomic E-state index is 0.245. The predicted octanol–water partition coefficient (Wildman–Crippen LogP) is 2.12. The fourth-order valence-electron chi connectivity index (χ4n) is 2.87. The van der Waals surface area contributed by atoms with Gasteiger partial charge in [0.1, 0.15) is 17.9 Å². The van der Waals surface area contributed by atoms with Gasteiger partial charge in [-0.1, -0.05) is 12.5 Å². The van der Waals surface area contributed by atoms with Crippen LogP contribution in [0.15, 0.2) is 35.5 Å².